The average molecular weight is 421 g/mol. The smallest absolute Gasteiger partial charge is 0.184 e. The molecule has 6 nitrogen and oxygen atoms in total. The van der Waals surface area contributed by atoms with Crippen LogP contribution >= 0.6 is 11.3 Å². The first-order valence-electron chi connectivity index (χ1n) is 10.4. The number of aliphatic hydroxyl groups excluding tert-OH is 1. The molecule has 1 aliphatic carbocycles. The number of imidazole rings is 1. The maximum atomic E-state index is 11.6. The molecular weight excluding hydrogens is 396 g/mol. The van der Waals surface area contributed by atoms with Gasteiger partial charge in [0.1, 0.15) is 0 Å². The van der Waals surface area contributed by atoms with E-state index in [0.29, 0.717) is 12.1 Å². The zero-order valence-corrected chi connectivity index (χ0v) is 17.7. The normalized spacial score (nSPS) is 19.4. The Morgan fingerprint density at radius 3 is 2.90 bits per heavy atom. The second-order valence-corrected chi connectivity index (χ2v) is 9.09. The van der Waals surface area contributed by atoms with E-state index < -0.39 is 0 Å². The zero-order chi connectivity index (χ0) is 20.7. The van der Waals surface area contributed by atoms with Crippen LogP contribution in [-0.2, 0) is 6.54 Å². The van der Waals surface area contributed by atoms with Crippen LogP contribution in [0.1, 0.15) is 48.5 Å². The van der Waals surface area contributed by atoms with Crippen LogP contribution in [0.2, 0.25) is 0 Å². The lowest BCUT2D eigenvalue weighted by Gasteiger charge is -2.27. The number of anilines is 1. The largest absolute Gasteiger partial charge is 0.391 e. The molecule has 0 radical (unpaired) electrons. The number of benzene rings is 2. The van der Waals surface area contributed by atoms with Gasteiger partial charge >= 0.3 is 0 Å². The standard InChI is InChI=1S/C23H24N4O2S/c1-14(28)16-7-9-20-19(11-16)24-13-27(20)12-15-6-8-18-22(10-15)30-23(26-18)25-17-4-2-3-5-21(17)29/h6-11,13,17,21,29H,2-5,12H2,1H3,(H,25,26). The van der Waals surface area contributed by atoms with E-state index in [0.717, 1.165) is 52.1 Å². The van der Waals surface area contributed by atoms with Gasteiger partial charge in [-0.2, -0.15) is 0 Å². The molecule has 0 amide bonds. The monoisotopic (exact) mass is 420 g/mol. The summed E-state index contributed by atoms with van der Waals surface area (Å²) in [5.74, 6) is 0.0484. The molecule has 2 aromatic heterocycles. The van der Waals surface area contributed by atoms with E-state index in [2.05, 4.69) is 33.1 Å². The summed E-state index contributed by atoms with van der Waals surface area (Å²) in [7, 11) is 0. The Hall–Kier alpha value is -2.77. The van der Waals surface area contributed by atoms with Crippen LogP contribution < -0.4 is 5.32 Å². The van der Waals surface area contributed by atoms with Gasteiger partial charge in [-0.1, -0.05) is 30.2 Å². The van der Waals surface area contributed by atoms with Crippen LogP contribution in [0.4, 0.5) is 5.13 Å². The Balaban J connectivity index is 1.37. The van der Waals surface area contributed by atoms with Gasteiger partial charge in [0.2, 0.25) is 0 Å². The van der Waals surface area contributed by atoms with E-state index in [1.165, 1.54) is 5.56 Å². The number of nitrogens with zero attached hydrogens (tertiary/aromatic N) is 3. The Kier molecular flexibility index (Phi) is 5.00. The van der Waals surface area contributed by atoms with Gasteiger partial charge in [0.15, 0.2) is 10.9 Å². The summed E-state index contributed by atoms with van der Waals surface area (Å²) in [5, 5.41) is 14.5. The van der Waals surface area contributed by atoms with Gasteiger partial charge in [0, 0.05) is 12.1 Å². The number of fused-ring (bicyclic) bond motifs is 2. The molecule has 1 aliphatic rings. The molecule has 7 heteroatoms. The van der Waals surface area contributed by atoms with Crippen LogP contribution in [0.3, 0.4) is 0 Å². The molecule has 4 aromatic rings. The maximum Gasteiger partial charge on any atom is 0.184 e. The fourth-order valence-electron chi connectivity index (χ4n) is 4.17. The fourth-order valence-corrected chi connectivity index (χ4v) is 5.16. The summed E-state index contributed by atoms with van der Waals surface area (Å²) in [6, 6.07) is 12.1. The minimum Gasteiger partial charge on any atom is -0.391 e. The van der Waals surface area contributed by atoms with E-state index in [-0.39, 0.29) is 17.9 Å². The molecule has 2 unspecified atom stereocenters. The van der Waals surface area contributed by atoms with Crippen molar-refractivity contribution in [1.29, 1.82) is 0 Å². The van der Waals surface area contributed by atoms with Gasteiger partial charge in [0.25, 0.3) is 0 Å². The van der Waals surface area contributed by atoms with Gasteiger partial charge in [-0.3, -0.25) is 4.79 Å². The number of carbonyl (C=O) groups is 1. The third-order valence-electron chi connectivity index (χ3n) is 5.87. The number of carbonyl (C=O) groups excluding carboxylic acids is 1. The highest BCUT2D eigenvalue weighted by Crippen LogP contribution is 2.30. The molecule has 2 atom stereocenters. The number of aromatic nitrogens is 3. The predicted molar refractivity (Wildman–Crippen MR) is 120 cm³/mol. The molecule has 0 spiro atoms. The van der Waals surface area contributed by atoms with Gasteiger partial charge in [0.05, 0.1) is 39.7 Å². The fraction of sp³-hybridized carbons (Fsp3) is 0.348. The van der Waals surface area contributed by atoms with Crippen molar-refractivity contribution in [2.75, 3.05) is 5.32 Å². The molecule has 1 fully saturated rings. The van der Waals surface area contributed by atoms with Crippen molar-refractivity contribution in [1.82, 2.24) is 14.5 Å². The van der Waals surface area contributed by atoms with Crippen LogP contribution in [0, 0.1) is 0 Å². The summed E-state index contributed by atoms with van der Waals surface area (Å²) in [4.78, 5) is 20.8. The molecule has 0 aliphatic heterocycles. The van der Waals surface area contributed by atoms with Gasteiger partial charge in [-0.15, -0.1) is 0 Å². The molecule has 154 valence electrons. The van der Waals surface area contributed by atoms with E-state index in [4.69, 9.17) is 4.98 Å². The highest BCUT2D eigenvalue weighted by molar-refractivity contribution is 7.22. The maximum absolute atomic E-state index is 11.6. The Bertz CT molecular complexity index is 1230. The second-order valence-electron chi connectivity index (χ2n) is 8.06. The van der Waals surface area contributed by atoms with Crippen molar-refractivity contribution < 1.29 is 9.90 Å². The minimum absolute atomic E-state index is 0.0484. The highest BCUT2D eigenvalue weighted by atomic mass is 32.1. The number of thiazole rings is 1. The lowest BCUT2D eigenvalue weighted by molar-refractivity contribution is 0.101. The molecular formula is C23H24N4O2S. The van der Waals surface area contributed by atoms with Crippen molar-refractivity contribution >= 4 is 43.5 Å². The van der Waals surface area contributed by atoms with E-state index in [1.807, 2.05) is 24.5 Å². The molecule has 0 bridgehead atoms. The number of nitrogens with one attached hydrogen (secondary N) is 1. The number of Topliss-reactive ketones (excluding diaryl/α,β-unsaturated/α-hetero) is 1. The molecule has 5 rings (SSSR count). The Morgan fingerprint density at radius 1 is 1.20 bits per heavy atom. The highest BCUT2D eigenvalue weighted by Gasteiger charge is 2.23. The number of ketones is 1. The number of rotatable bonds is 5. The van der Waals surface area contributed by atoms with Crippen molar-refractivity contribution in [2.45, 2.75) is 51.3 Å². The van der Waals surface area contributed by atoms with Gasteiger partial charge < -0.3 is 15.0 Å². The lowest BCUT2D eigenvalue weighted by Crippen LogP contribution is -2.36. The lowest BCUT2D eigenvalue weighted by atomic mass is 9.93. The third kappa shape index (κ3) is 3.70. The van der Waals surface area contributed by atoms with E-state index >= 15 is 0 Å². The molecule has 2 heterocycles. The first-order chi connectivity index (χ1) is 14.6. The topological polar surface area (TPSA) is 80.0 Å². The summed E-state index contributed by atoms with van der Waals surface area (Å²) >= 11 is 1.63. The minimum atomic E-state index is -0.292. The first kappa shape index (κ1) is 19.2. The van der Waals surface area contributed by atoms with Crippen molar-refractivity contribution in [3.05, 3.63) is 53.9 Å². The zero-order valence-electron chi connectivity index (χ0n) is 16.8. The molecule has 30 heavy (non-hydrogen) atoms. The number of hydrogen-bond acceptors (Lipinski definition) is 6. The average Bonchev–Trinajstić information content (AvgIpc) is 3.32. The van der Waals surface area contributed by atoms with Crippen LogP contribution in [0.25, 0.3) is 21.3 Å². The van der Waals surface area contributed by atoms with Crippen LogP contribution in [0.5, 0.6) is 0 Å². The Labute approximate surface area is 178 Å². The summed E-state index contributed by atoms with van der Waals surface area (Å²) in [6.45, 7) is 2.27. The third-order valence-corrected chi connectivity index (χ3v) is 6.82. The van der Waals surface area contributed by atoms with Crippen LogP contribution in [0.15, 0.2) is 42.7 Å². The van der Waals surface area contributed by atoms with Crippen molar-refractivity contribution in [2.24, 2.45) is 0 Å². The molecule has 1 saturated carbocycles. The van der Waals surface area contributed by atoms with Crippen molar-refractivity contribution in [3.63, 3.8) is 0 Å². The van der Waals surface area contributed by atoms with E-state index in [1.54, 1.807) is 18.3 Å². The summed E-state index contributed by atoms with van der Waals surface area (Å²) < 4.78 is 3.22. The van der Waals surface area contributed by atoms with E-state index in [9.17, 15) is 9.90 Å². The molecule has 2 N–H and O–H groups in total. The number of hydrogen-bond donors (Lipinski definition) is 2. The van der Waals surface area contributed by atoms with Crippen LogP contribution in [-0.4, -0.2) is 37.6 Å². The molecule has 2 aromatic carbocycles. The predicted octanol–water partition coefficient (Wildman–Crippen LogP) is 4.61. The summed E-state index contributed by atoms with van der Waals surface area (Å²) in [6.07, 6.45) is 5.63. The summed E-state index contributed by atoms with van der Waals surface area (Å²) in [5.41, 5.74) is 4.67. The Morgan fingerprint density at radius 2 is 2.07 bits per heavy atom. The second kappa shape index (κ2) is 7.81. The van der Waals surface area contributed by atoms with Gasteiger partial charge in [-0.05, 0) is 55.7 Å². The van der Waals surface area contributed by atoms with Crippen molar-refractivity contribution in [3.8, 4) is 0 Å². The quantitative estimate of drug-likeness (QED) is 0.461. The SMILES string of the molecule is CC(=O)c1ccc2c(c1)ncn2Cc1ccc2nc(NC3CCCCC3O)sc2c1. The first-order valence-corrected chi connectivity index (χ1v) is 11.2. The van der Waals surface area contributed by atoms with Gasteiger partial charge in [-0.25, -0.2) is 9.97 Å². The number of aliphatic hydroxyl groups is 1. The molecule has 0 saturated heterocycles.